The van der Waals surface area contributed by atoms with E-state index in [0.29, 0.717) is 5.56 Å². The third kappa shape index (κ3) is 4.01. The summed E-state index contributed by atoms with van der Waals surface area (Å²) in [4.78, 5) is 22.0. The predicted molar refractivity (Wildman–Crippen MR) is 63.4 cm³/mol. The third-order valence-corrected chi connectivity index (χ3v) is 2.46. The molecule has 0 radical (unpaired) electrons. The fraction of sp³-hybridized carbons (Fsp3) is 0.111. The Morgan fingerprint density at radius 1 is 1.20 bits per heavy atom. The molecule has 0 aliphatic carbocycles. The molecule has 0 aromatic heterocycles. The molecule has 15 heavy (non-hydrogen) atoms. The Hall–Kier alpha value is -0.880. The van der Waals surface area contributed by atoms with Crippen LogP contribution in [-0.4, -0.2) is 18.4 Å². The van der Waals surface area contributed by atoms with Crippen LogP contribution in [0.5, 0.6) is 0 Å². The van der Waals surface area contributed by atoms with Crippen LogP contribution in [0.2, 0.25) is 0 Å². The lowest BCUT2D eigenvalue weighted by molar-refractivity contribution is -0.117. The molecule has 0 heterocycles. The van der Waals surface area contributed by atoms with E-state index in [9.17, 15) is 9.59 Å². The number of carbonyl (C=O) groups is 2. The second-order valence-corrected chi connectivity index (χ2v) is 4.64. The minimum atomic E-state index is -0.572. The number of hydrogen-bond donors (Lipinski definition) is 2. The van der Waals surface area contributed by atoms with Crippen molar-refractivity contribution >= 4 is 43.7 Å². The van der Waals surface area contributed by atoms with Crippen molar-refractivity contribution in [1.82, 2.24) is 5.32 Å². The summed E-state index contributed by atoms with van der Waals surface area (Å²) >= 11 is 6.52. The number of nitrogens with two attached hydrogens (primary N) is 1. The van der Waals surface area contributed by atoms with Crippen LogP contribution in [-0.2, 0) is 4.79 Å². The van der Waals surface area contributed by atoms with Gasteiger partial charge in [-0.15, -0.1) is 0 Å². The van der Waals surface area contributed by atoms with Crippen molar-refractivity contribution in [2.45, 2.75) is 0 Å². The Kier molecular flexibility index (Phi) is 4.28. The molecule has 0 aliphatic heterocycles. The number of halogens is 2. The first-order valence-corrected chi connectivity index (χ1v) is 5.60. The summed E-state index contributed by atoms with van der Waals surface area (Å²) in [5, 5.41) is 2.40. The number of primary amides is 1. The molecular weight excluding hydrogens is 328 g/mol. The number of carbonyl (C=O) groups excluding carboxylic acids is 2. The van der Waals surface area contributed by atoms with Gasteiger partial charge in [0.15, 0.2) is 0 Å². The van der Waals surface area contributed by atoms with Crippen LogP contribution >= 0.6 is 31.9 Å². The predicted octanol–water partition coefficient (Wildman–Crippen LogP) is 1.43. The molecule has 1 aromatic rings. The minimum absolute atomic E-state index is 0.164. The summed E-state index contributed by atoms with van der Waals surface area (Å²) in [6.07, 6.45) is 0. The van der Waals surface area contributed by atoms with Gasteiger partial charge in [-0.1, -0.05) is 31.9 Å². The van der Waals surface area contributed by atoms with E-state index in [2.05, 4.69) is 37.2 Å². The summed E-state index contributed by atoms with van der Waals surface area (Å²) in [5.74, 6) is -0.909. The van der Waals surface area contributed by atoms with E-state index < -0.39 is 5.91 Å². The normalized spacial score (nSPS) is 9.73. The van der Waals surface area contributed by atoms with Gasteiger partial charge in [0.1, 0.15) is 0 Å². The van der Waals surface area contributed by atoms with E-state index in [1.54, 1.807) is 12.1 Å². The Bertz CT molecular complexity index is 387. The monoisotopic (exact) mass is 334 g/mol. The van der Waals surface area contributed by atoms with Crippen molar-refractivity contribution in [2.75, 3.05) is 6.54 Å². The summed E-state index contributed by atoms with van der Waals surface area (Å²) < 4.78 is 1.56. The molecule has 0 bridgehead atoms. The van der Waals surface area contributed by atoms with Gasteiger partial charge in [-0.3, -0.25) is 9.59 Å². The number of rotatable bonds is 3. The SMILES string of the molecule is NC(=O)CNC(=O)c1cc(Br)cc(Br)c1. The fourth-order valence-electron chi connectivity index (χ4n) is 0.954. The molecule has 80 valence electrons. The first-order chi connectivity index (χ1) is 6.99. The van der Waals surface area contributed by atoms with Crippen molar-refractivity contribution in [3.63, 3.8) is 0 Å². The van der Waals surface area contributed by atoms with Gasteiger partial charge >= 0.3 is 0 Å². The van der Waals surface area contributed by atoms with Crippen LogP contribution in [0.15, 0.2) is 27.1 Å². The summed E-state index contributed by atoms with van der Waals surface area (Å²) in [6, 6.07) is 5.12. The maximum atomic E-state index is 11.5. The Balaban J connectivity index is 2.77. The Labute approximate surface area is 103 Å². The molecule has 0 atom stereocenters. The van der Waals surface area contributed by atoms with Crippen molar-refractivity contribution in [3.8, 4) is 0 Å². The number of benzene rings is 1. The highest BCUT2D eigenvalue weighted by molar-refractivity contribution is 9.11. The van der Waals surface area contributed by atoms with E-state index >= 15 is 0 Å². The average molecular weight is 336 g/mol. The molecule has 0 unspecified atom stereocenters. The van der Waals surface area contributed by atoms with Crippen LogP contribution in [0.4, 0.5) is 0 Å². The molecule has 0 fully saturated rings. The highest BCUT2D eigenvalue weighted by Gasteiger charge is 2.07. The van der Waals surface area contributed by atoms with E-state index in [-0.39, 0.29) is 12.5 Å². The summed E-state index contributed by atoms with van der Waals surface area (Å²) in [7, 11) is 0. The average Bonchev–Trinajstić information content (AvgIpc) is 2.12. The topological polar surface area (TPSA) is 72.2 Å². The van der Waals surface area contributed by atoms with E-state index in [1.165, 1.54) is 0 Å². The maximum absolute atomic E-state index is 11.5. The van der Waals surface area contributed by atoms with Crippen molar-refractivity contribution < 1.29 is 9.59 Å². The second kappa shape index (κ2) is 5.27. The molecule has 0 spiro atoms. The summed E-state index contributed by atoms with van der Waals surface area (Å²) in [5.41, 5.74) is 5.36. The second-order valence-electron chi connectivity index (χ2n) is 2.81. The molecule has 4 nitrogen and oxygen atoms in total. The van der Waals surface area contributed by atoms with Gasteiger partial charge in [0.05, 0.1) is 6.54 Å². The van der Waals surface area contributed by atoms with Gasteiger partial charge in [-0.05, 0) is 18.2 Å². The van der Waals surface area contributed by atoms with Gasteiger partial charge in [0, 0.05) is 14.5 Å². The molecule has 1 rings (SSSR count). The molecule has 0 aliphatic rings. The van der Waals surface area contributed by atoms with Crippen molar-refractivity contribution in [3.05, 3.63) is 32.7 Å². The lowest BCUT2D eigenvalue weighted by Crippen LogP contribution is -2.33. The van der Waals surface area contributed by atoms with Gasteiger partial charge < -0.3 is 11.1 Å². The minimum Gasteiger partial charge on any atom is -0.368 e. The zero-order chi connectivity index (χ0) is 11.4. The zero-order valence-corrected chi connectivity index (χ0v) is 10.8. The fourth-order valence-corrected chi connectivity index (χ4v) is 2.25. The Morgan fingerprint density at radius 3 is 2.20 bits per heavy atom. The van der Waals surface area contributed by atoms with Crippen LogP contribution in [0.25, 0.3) is 0 Å². The molecule has 0 saturated heterocycles. The molecule has 0 saturated carbocycles. The van der Waals surface area contributed by atoms with Crippen molar-refractivity contribution in [2.24, 2.45) is 5.73 Å². The van der Waals surface area contributed by atoms with Gasteiger partial charge in [-0.2, -0.15) is 0 Å². The maximum Gasteiger partial charge on any atom is 0.251 e. The lowest BCUT2D eigenvalue weighted by atomic mass is 10.2. The first kappa shape index (κ1) is 12.2. The molecular formula is C9H8Br2N2O2. The number of hydrogen-bond acceptors (Lipinski definition) is 2. The highest BCUT2D eigenvalue weighted by atomic mass is 79.9. The summed E-state index contributed by atoms with van der Waals surface area (Å²) in [6.45, 7) is -0.164. The number of nitrogens with one attached hydrogen (secondary N) is 1. The largest absolute Gasteiger partial charge is 0.368 e. The third-order valence-electron chi connectivity index (χ3n) is 1.55. The van der Waals surface area contributed by atoms with Crippen LogP contribution in [0.3, 0.4) is 0 Å². The quantitative estimate of drug-likeness (QED) is 0.877. The first-order valence-electron chi connectivity index (χ1n) is 4.01. The van der Waals surface area contributed by atoms with Crippen molar-refractivity contribution in [1.29, 1.82) is 0 Å². The van der Waals surface area contributed by atoms with E-state index in [4.69, 9.17) is 5.73 Å². The van der Waals surface area contributed by atoms with Gasteiger partial charge in [0.25, 0.3) is 5.91 Å². The van der Waals surface area contributed by atoms with Gasteiger partial charge in [0.2, 0.25) is 5.91 Å². The van der Waals surface area contributed by atoms with Gasteiger partial charge in [-0.25, -0.2) is 0 Å². The van der Waals surface area contributed by atoms with Crippen LogP contribution in [0.1, 0.15) is 10.4 Å². The number of amides is 2. The van der Waals surface area contributed by atoms with E-state index in [1.807, 2.05) is 6.07 Å². The molecule has 3 N–H and O–H groups in total. The standard InChI is InChI=1S/C9H8Br2N2O2/c10-6-1-5(2-7(11)3-6)9(15)13-4-8(12)14/h1-3H,4H2,(H2,12,14)(H,13,15). The van der Waals surface area contributed by atoms with E-state index in [0.717, 1.165) is 8.95 Å². The van der Waals surface area contributed by atoms with Crippen LogP contribution < -0.4 is 11.1 Å². The molecule has 1 aromatic carbocycles. The molecule has 6 heteroatoms. The Morgan fingerprint density at radius 2 is 1.73 bits per heavy atom. The van der Waals surface area contributed by atoms with Crippen LogP contribution in [0, 0.1) is 0 Å². The smallest absolute Gasteiger partial charge is 0.251 e. The lowest BCUT2D eigenvalue weighted by Gasteiger charge is -2.03. The molecule has 2 amide bonds. The zero-order valence-electron chi connectivity index (χ0n) is 7.59. The highest BCUT2D eigenvalue weighted by Crippen LogP contribution is 2.19.